The highest BCUT2D eigenvalue weighted by Gasteiger charge is 1.79. The van der Waals surface area contributed by atoms with Crippen molar-refractivity contribution >= 4 is 17.9 Å². The zero-order valence-corrected chi connectivity index (χ0v) is 7.72. The summed E-state index contributed by atoms with van der Waals surface area (Å²) < 4.78 is 0. The molecule has 0 saturated carbocycles. The minimum atomic E-state index is -1.44. The van der Waals surface area contributed by atoms with Gasteiger partial charge in [0.2, 0.25) is 0 Å². The van der Waals surface area contributed by atoms with E-state index in [0.717, 1.165) is 19.9 Å². The molecule has 82 valence electrons. The van der Waals surface area contributed by atoms with Crippen LogP contribution < -0.4 is 6.15 Å². The van der Waals surface area contributed by atoms with Crippen LogP contribution in [0.15, 0.2) is 0 Å². The van der Waals surface area contributed by atoms with Gasteiger partial charge in [-0.05, 0) is 0 Å². The van der Waals surface area contributed by atoms with Crippen LogP contribution in [0.2, 0.25) is 0 Å². The quantitative estimate of drug-likeness (QED) is 0.316. The lowest BCUT2D eigenvalue weighted by Crippen LogP contribution is -1.83. The molecule has 0 rings (SSSR count). The van der Waals surface area contributed by atoms with Crippen LogP contribution in [-0.4, -0.2) is 33.2 Å². The minimum absolute atomic E-state index is 0. The molecule has 8 heteroatoms. The summed E-state index contributed by atoms with van der Waals surface area (Å²) in [5, 5.41) is 29.5. The summed E-state index contributed by atoms with van der Waals surface area (Å²) in [6, 6.07) is 0.944. The van der Waals surface area contributed by atoms with Gasteiger partial charge in [-0.2, -0.15) is 5.26 Å². The van der Waals surface area contributed by atoms with Gasteiger partial charge in [-0.25, -0.2) is 4.79 Å². The fourth-order valence-corrected chi connectivity index (χ4v) is 0. The highest BCUT2D eigenvalue weighted by Crippen LogP contribution is 1.44. The average Bonchev–Trinajstić information content (AvgIpc) is 1.84. The molecule has 0 spiro atoms. The van der Waals surface area contributed by atoms with Crippen LogP contribution in [0.5, 0.6) is 0 Å². The third kappa shape index (κ3) is 39500. The second-order valence-electron chi connectivity index (χ2n) is 1.45. The van der Waals surface area contributed by atoms with E-state index in [9.17, 15) is 0 Å². The van der Waals surface area contributed by atoms with Crippen LogP contribution in [0.4, 0.5) is 0 Å². The second kappa shape index (κ2) is 17.1. The molecule has 0 atom stereocenters. The number of nitriles is 1. The van der Waals surface area contributed by atoms with Gasteiger partial charge in [0.1, 0.15) is 0 Å². The number of hydrogen-bond acceptors (Lipinski definition) is 5. The van der Waals surface area contributed by atoms with Gasteiger partial charge in [0.05, 0.1) is 0 Å². The Morgan fingerprint density at radius 2 is 1.07 bits per heavy atom. The predicted molar refractivity (Wildman–Crippen MR) is 44.9 cm³/mol. The molecule has 0 aliphatic carbocycles. The molecule has 0 bridgehead atoms. The second-order valence-corrected chi connectivity index (χ2v) is 1.45. The lowest BCUT2D eigenvalue weighted by atomic mass is 10.8. The highest BCUT2D eigenvalue weighted by atomic mass is 16.4. The molecule has 0 aromatic heterocycles. The first-order valence-electron chi connectivity index (χ1n) is 2.76. The number of carbonyl (C=O) groups is 3. The Hall–Kier alpha value is -2.14. The lowest BCUT2D eigenvalue weighted by Gasteiger charge is -1.59. The minimum Gasteiger partial charge on any atom is -0.481 e. The Kier molecular flexibility index (Phi) is 27.6. The SMILES string of the molecule is CC(=O)O.CC(=O)O.N.N#CC(=O)O. The summed E-state index contributed by atoms with van der Waals surface area (Å²) in [6.45, 7) is 2.17. The number of aliphatic carboxylic acids is 3. The van der Waals surface area contributed by atoms with E-state index in [4.69, 9.17) is 35.0 Å². The van der Waals surface area contributed by atoms with Gasteiger partial charge >= 0.3 is 5.97 Å². The van der Waals surface area contributed by atoms with Gasteiger partial charge in [0, 0.05) is 13.8 Å². The van der Waals surface area contributed by atoms with E-state index >= 15 is 0 Å². The number of rotatable bonds is 0. The third-order valence-corrected chi connectivity index (χ3v) is 0.0956. The molecule has 14 heavy (non-hydrogen) atoms. The molecule has 0 aliphatic rings. The first-order valence-corrected chi connectivity index (χ1v) is 2.76. The van der Waals surface area contributed by atoms with E-state index in [-0.39, 0.29) is 6.15 Å². The maximum Gasteiger partial charge on any atom is 0.408 e. The van der Waals surface area contributed by atoms with Crippen LogP contribution in [-0.2, 0) is 14.4 Å². The molecule has 0 amide bonds. The Bertz CT molecular complexity index is 199. The van der Waals surface area contributed by atoms with E-state index in [1.54, 1.807) is 0 Å². The van der Waals surface area contributed by atoms with Crippen LogP contribution in [0, 0.1) is 11.3 Å². The van der Waals surface area contributed by atoms with E-state index in [1.807, 2.05) is 0 Å². The van der Waals surface area contributed by atoms with Crippen LogP contribution >= 0.6 is 0 Å². The van der Waals surface area contributed by atoms with Crippen LogP contribution in [0.3, 0.4) is 0 Å². The van der Waals surface area contributed by atoms with Gasteiger partial charge in [0.25, 0.3) is 11.9 Å². The van der Waals surface area contributed by atoms with Gasteiger partial charge in [-0.15, -0.1) is 0 Å². The number of carboxylic acids is 3. The van der Waals surface area contributed by atoms with Crippen molar-refractivity contribution in [2.24, 2.45) is 0 Å². The topological polar surface area (TPSA) is 171 Å². The molecule has 0 radical (unpaired) electrons. The Labute approximate surface area is 80.0 Å². The Balaban J connectivity index is -0.0000000522. The summed E-state index contributed by atoms with van der Waals surface area (Å²) in [7, 11) is 0. The maximum absolute atomic E-state index is 9.01. The highest BCUT2D eigenvalue weighted by molar-refractivity contribution is 5.83. The maximum atomic E-state index is 9.01. The van der Waals surface area contributed by atoms with Crippen molar-refractivity contribution in [3.05, 3.63) is 0 Å². The average molecular weight is 208 g/mol. The smallest absolute Gasteiger partial charge is 0.408 e. The van der Waals surface area contributed by atoms with Crippen molar-refractivity contribution in [3.63, 3.8) is 0 Å². The van der Waals surface area contributed by atoms with Crippen molar-refractivity contribution in [3.8, 4) is 6.07 Å². The largest absolute Gasteiger partial charge is 0.481 e. The fourth-order valence-electron chi connectivity index (χ4n) is 0. The number of carboxylic acid groups (broad SMARTS) is 3. The normalized spacial score (nSPS) is 5.50. The van der Waals surface area contributed by atoms with Gasteiger partial charge < -0.3 is 21.5 Å². The fraction of sp³-hybridized carbons (Fsp3) is 0.333. The van der Waals surface area contributed by atoms with E-state index in [0.29, 0.717) is 0 Å². The first kappa shape index (κ1) is 22.6. The summed E-state index contributed by atoms with van der Waals surface area (Å²) >= 11 is 0. The molecular formula is C6H12N2O6. The summed E-state index contributed by atoms with van der Waals surface area (Å²) in [6.07, 6.45) is 0. The van der Waals surface area contributed by atoms with Gasteiger partial charge in [-0.3, -0.25) is 9.59 Å². The van der Waals surface area contributed by atoms with Crippen LogP contribution in [0.25, 0.3) is 0 Å². The monoisotopic (exact) mass is 208 g/mol. The molecular weight excluding hydrogens is 196 g/mol. The van der Waals surface area contributed by atoms with E-state index < -0.39 is 17.9 Å². The molecule has 6 N–H and O–H groups in total. The number of nitrogens with zero attached hydrogens (tertiary/aromatic N) is 1. The van der Waals surface area contributed by atoms with Gasteiger partial charge in [0.15, 0.2) is 6.07 Å². The summed E-state index contributed by atoms with van der Waals surface area (Å²) in [5.41, 5.74) is 0. The Morgan fingerprint density at radius 1 is 1.00 bits per heavy atom. The molecule has 0 fully saturated rings. The summed E-state index contributed by atoms with van der Waals surface area (Å²) in [5.74, 6) is -3.11. The lowest BCUT2D eigenvalue weighted by molar-refractivity contribution is -0.135. The molecule has 0 saturated heterocycles. The number of hydrogen-bond donors (Lipinski definition) is 4. The standard InChI is InChI=1S/C2HNO2.2C2H4O2.H3N/c3-1-2(4)5;2*1-2(3)4;/h(H,4,5);2*1H3,(H,3,4);1H3. The van der Waals surface area contributed by atoms with E-state index in [1.165, 1.54) is 0 Å². The molecule has 0 aliphatic heterocycles. The van der Waals surface area contributed by atoms with Crippen molar-refractivity contribution in [1.29, 1.82) is 5.26 Å². The Morgan fingerprint density at radius 3 is 1.07 bits per heavy atom. The van der Waals surface area contributed by atoms with E-state index in [2.05, 4.69) is 0 Å². The third-order valence-electron chi connectivity index (χ3n) is 0.0956. The molecule has 0 unspecified atom stereocenters. The van der Waals surface area contributed by atoms with Crippen molar-refractivity contribution in [2.45, 2.75) is 13.8 Å². The van der Waals surface area contributed by atoms with Crippen molar-refractivity contribution < 1.29 is 29.7 Å². The molecule has 0 aromatic carbocycles. The zero-order valence-electron chi connectivity index (χ0n) is 7.72. The molecule has 0 aromatic rings. The van der Waals surface area contributed by atoms with Crippen LogP contribution in [0.1, 0.15) is 13.8 Å². The van der Waals surface area contributed by atoms with Crippen molar-refractivity contribution in [1.82, 2.24) is 6.15 Å². The first-order chi connectivity index (χ1) is 5.73. The molecule has 8 nitrogen and oxygen atoms in total. The zero-order chi connectivity index (χ0) is 11.4. The van der Waals surface area contributed by atoms with Gasteiger partial charge in [-0.1, -0.05) is 0 Å². The summed E-state index contributed by atoms with van der Waals surface area (Å²) in [4.78, 5) is 27.0. The molecule has 0 heterocycles. The predicted octanol–water partition coefficient (Wildman–Crippen LogP) is -0.0616. The van der Waals surface area contributed by atoms with Crippen molar-refractivity contribution in [2.75, 3.05) is 0 Å².